The number of hydrogen-bond acceptors (Lipinski definition) is 1. The van der Waals surface area contributed by atoms with E-state index in [1.165, 1.54) is 6.42 Å². The number of nitriles is 1. The van der Waals surface area contributed by atoms with Gasteiger partial charge in [0, 0.05) is 0 Å². The van der Waals surface area contributed by atoms with Crippen molar-refractivity contribution in [1.29, 1.82) is 5.26 Å². The molecule has 0 heterocycles. The van der Waals surface area contributed by atoms with E-state index in [2.05, 4.69) is 19.6 Å². The van der Waals surface area contributed by atoms with Gasteiger partial charge < -0.3 is 0 Å². The van der Waals surface area contributed by atoms with Gasteiger partial charge in [-0.05, 0) is 12.8 Å². The van der Waals surface area contributed by atoms with Crippen LogP contribution in [0.1, 0.15) is 32.6 Å². The van der Waals surface area contributed by atoms with Crippen LogP contribution in [0.5, 0.6) is 0 Å². The molecular weight excluding hydrogens is 122 g/mol. The van der Waals surface area contributed by atoms with Gasteiger partial charge in [-0.1, -0.05) is 31.9 Å². The zero-order chi connectivity index (χ0) is 7.61. The molecule has 1 nitrogen and oxygen atoms in total. The second-order valence-electron chi connectivity index (χ2n) is 3.08. The molecule has 0 aromatic carbocycles. The summed E-state index contributed by atoms with van der Waals surface area (Å²) in [6.07, 6.45) is 4.31. The number of nitrogens with zero attached hydrogens (tertiary/aromatic N) is 1. The highest BCUT2D eigenvalue weighted by atomic mass is 14.5. The summed E-state index contributed by atoms with van der Waals surface area (Å²) in [5.41, 5.74) is 1.05. The lowest BCUT2D eigenvalue weighted by atomic mass is 10.0. The Morgan fingerprint density at radius 3 is 2.70 bits per heavy atom. The van der Waals surface area contributed by atoms with E-state index in [-0.39, 0.29) is 5.41 Å². The minimum absolute atomic E-state index is 0.0873. The molecule has 1 aliphatic rings. The van der Waals surface area contributed by atoms with Crippen LogP contribution in [-0.2, 0) is 0 Å². The molecule has 0 unspecified atom stereocenters. The standard InChI is InChI=1S/C9H13N/c1-3-4-5-9(7-10)6-8(9)2/h2-6H2,1H3/t9-/m0/s1. The maximum Gasteiger partial charge on any atom is 0.0818 e. The van der Waals surface area contributed by atoms with Crippen LogP contribution in [0.25, 0.3) is 0 Å². The largest absolute Gasteiger partial charge is 0.197 e. The van der Waals surface area contributed by atoms with Crippen LogP contribution in [0.3, 0.4) is 0 Å². The van der Waals surface area contributed by atoms with Crippen molar-refractivity contribution in [2.24, 2.45) is 5.41 Å². The average molecular weight is 135 g/mol. The van der Waals surface area contributed by atoms with Crippen molar-refractivity contribution in [2.45, 2.75) is 32.6 Å². The van der Waals surface area contributed by atoms with Crippen molar-refractivity contribution < 1.29 is 0 Å². The molecule has 0 aliphatic heterocycles. The molecule has 0 radical (unpaired) electrons. The lowest BCUT2D eigenvalue weighted by molar-refractivity contribution is 0.577. The summed E-state index contributed by atoms with van der Waals surface area (Å²) in [6, 6.07) is 2.34. The fourth-order valence-electron chi connectivity index (χ4n) is 1.24. The highest BCUT2D eigenvalue weighted by molar-refractivity contribution is 5.37. The SMILES string of the molecule is C=C1C[C@]1(C#N)CCCC. The van der Waals surface area contributed by atoms with Crippen molar-refractivity contribution in [2.75, 3.05) is 0 Å². The highest BCUT2D eigenvalue weighted by Gasteiger charge is 2.46. The van der Waals surface area contributed by atoms with Gasteiger partial charge in [-0.3, -0.25) is 0 Å². The fourth-order valence-corrected chi connectivity index (χ4v) is 1.24. The maximum absolute atomic E-state index is 8.74. The molecule has 1 atom stereocenters. The van der Waals surface area contributed by atoms with Gasteiger partial charge in [0.15, 0.2) is 0 Å². The van der Waals surface area contributed by atoms with Gasteiger partial charge in [0.1, 0.15) is 0 Å². The molecule has 0 bridgehead atoms. The first kappa shape index (κ1) is 7.34. The van der Waals surface area contributed by atoms with Gasteiger partial charge in [-0.2, -0.15) is 5.26 Å². The topological polar surface area (TPSA) is 23.8 Å². The molecule has 0 aromatic rings. The average Bonchev–Trinajstić information content (AvgIpc) is 2.59. The predicted molar refractivity (Wildman–Crippen MR) is 41.3 cm³/mol. The van der Waals surface area contributed by atoms with E-state index < -0.39 is 0 Å². The van der Waals surface area contributed by atoms with Gasteiger partial charge >= 0.3 is 0 Å². The Balaban J connectivity index is 2.40. The molecule has 1 aliphatic carbocycles. The van der Waals surface area contributed by atoms with Crippen LogP contribution in [0.4, 0.5) is 0 Å². The Hall–Kier alpha value is -0.770. The fraction of sp³-hybridized carbons (Fsp3) is 0.667. The predicted octanol–water partition coefficient (Wildman–Crippen LogP) is 2.65. The molecular formula is C9H13N. The van der Waals surface area contributed by atoms with E-state index in [4.69, 9.17) is 5.26 Å². The third-order valence-electron chi connectivity index (χ3n) is 2.24. The Kier molecular flexibility index (Phi) is 1.80. The normalized spacial score (nSPS) is 29.8. The van der Waals surface area contributed by atoms with Crippen LogP contribution in [-0.4, -0.2) is 0 Å². The van der Waals surface area contributed by atoms with E-state index in [1.54, 1.807) is 0 Å². The number of unbranched alkanes of at least 4 members (excludes halogenated alkanes) is 1. The summed E-state index contributed by atoms with van der Waals surface area (Å²) in [6.45, 7) is 5.97. The second kappa shape index (κ2) is 2.46. The number of allylic oxidation sites excluding steroid dienone is 1. The quantitative estimate of drug-likeness (QED) is 0.546. The van der Waals surface area contributed by atoms with Gasteiger partial charge in [0.25, 0.3) is 0 Å². The molecule has 1 saturated carbocycles. The minimum Gasteiger partial charge on any atom is -0.197 e. The third kappa shape index (κ3) is 1.07. The van der Waals surface area contributed by atoms with Gasteiger partial charge in [0.05, 0.1) is 11.5 Å². The van der Waals surface area contributed by atoms with Crippen molar-refractivity contribution in [3.05, 3.63) is 12.2 Å². The Labute approximate surface area is 62.4 Å². The van der Waals surface area contributed by atoms with Crippen LogP contribution < -0.4 is 0 Å². The molecule has 0 saturated heterocycles. The molecule has 0 amide bonds. The van der Waals surface area contributed by atoms with Crippen LogP contribution in [0, 0.1) is 16.7 Å². The molecule has 1 heteroatoms. The van der Waals surface area contributed by atoms with Crippen molar-refractivity contribution >= 4 is 0 Å². The van der Waals surface area contributed by atoms with Crippen molar-refractivity contribution in [3.8, 4) is 6.07 Å². The number of rotatable bonds is 3. The van der Waals surface area contributed by atoms with Gasteiger partial charge in [0.2, 0.25) is 0 Å². The molecule has 54 valence electrons. The molecule has 0 spiro atoms. The summed E-state index contributed by atoms with van der Waals surface area (Å²) in [5, 5.41) is 8.74. The lowest BCUT2D eigenvalue weighted by Crippen LogP contribution is -1.95. The van der Waals surface area contributed by atoms with Gasteiger partial charge in [-0.15, -0.1) is 0 Å². The third-order valence-corrected chi connectivity index (χ3v) is 2.24. The molecule has 0 aromatic heterocycles. The summed E-state index contributed by atoms with van der Waals surface area (Å²) in [4.78, 5) is 0. The first-order valence-electron chi connectivity index (χ1n) is 3.84. The van der Waals surface area contributed by atoms with Crippen LogP contribution >= 0.6 is 0 Å². The van der Waals surface area contributed by atoms with E-state index in [9.17, 15) is 0 Å². The zero-order valence-electron chi connectivity index (χ0n) is 6.48. The summed E-state index contributed by atoms with van der Waals surface area (Å²) < 4.78 is 0. The molecule has 10 heavy (non-hydrogen) atoms. The number of hydrogen-bond donors (Lipinski definition) is 0. The maximum atomic E-state index is 8.74. The van der Waals surface area contributed by atoms with Crippen LogP contribution in [0.2, 0.25) is 0 Å². The van der Waals surface area contributed by atoms with E-state index in [1.807, 2.05) is 0 Å². The zero-order valence-corrected chi connectivity index (χ0v) is 6.48. The Bertz CT molecular complexity index is 187. The molecule has 0 N–H and O–H groups in total. The first-order valence-corrected chi connectivity index (χ1v) is 3.84. The van der Waals surface area contributed by atoms with E-state index >= 15 is 0 Å². The molecule has 1 fully saturated rings. The monoisotopic (exact) mass is 135 g/mol. The lowest BCUT2D eigenvalue weighted by Gasteiger charge is -2.00. The summed E-state index contributed by atoms with van der Waals surface area (Å²) in [5.74, 6) is 0. The van der Waals surface area contributed by atoms with E-state index in [0.29, 0.717) is 0 Å². The Morgan fingerprint density at radius 1 is 1.80 bits per heavy atom. The smallest absolute Gasteiger partial charge is 0.0818 e. The second-order valence-corrected chi connectivity index (χ2v) is 3.08. The van der Waals surface area contributed by atoms with Crippen molar-refractivity contribution in [3.63, 3.8) is 0 Å². The first-order chi connectivity index (χ1) is 4.75. The minimum atomic E-state index is -0.0873. The Morgan fingerprint density at radius 2 is 2.40 bits per heavy atom. The van der Waals surface area contributed by atoms with E-state index in [0.717, 1.165) is 24.8 Å². The van der Waals surface area contributed by atoms with Crippen molar-refractivity contribution in [1.82, 2.24) is 0 Å². The molecule has 1 rings (SSSR count). The van der Waals surface area contributed by atoms with Gasteiger partial charge in [-0.25, -0.2) is 0 Å². The highest BCUT2D eigenvalue weighted by Crippen LogP contribution is 2.53. The van der Waals surface area contributed by atoms with Crippen LogP contribution in [0.15, 0.2) is 12.2 Å². The summed E-state index contributed by atoms with van der Waals surface area (Å²) >= 11 is 0. The summed E-state index contributed by atoms with van der Waals surface area (Å²) in [7, 11) is 0.